The molecule has 28 heavy (non-hydrogen) atoms. The van der Waals surface area contributed by atoms with E-state index in [0.717, 1.165) is 48.6 Å². The van der Waals surface area contributed by atoms with Gasteiger partial charge in [-0.05, 0) is 61.6 Å². The summed E-state index contributed by atoms with van der Waals surface area (Å²) in [5.74, 6) is 0.345. The summed E-state index contributed by atoms with van der Waals surface area (Å²) in [7, 11) is 0. The highest BCUT2D eigenvalue weighted by Gasteiger charge is 2.23. The molecule has 1 fully saturated rings. The number of aryl methyl sites for hydroxylation is 1. The first-order valence-electron chi connectivity index (χ1n) is 9.79. The molecule has 0 spiro atoms. The van der Waals surface area contributed by atoms with Crippen LogP contribution < -0.4 is 10.2 Å². The Morgan fingerprint density at radius 3 is 2.86 bits per heavy atom. The van der Waals surface area contributed by atoms with E-state index in [9.17, 15) is 9.18 Å². The number of benzene rings is 2. The predicted molar refractivity (Wildman–Crippen MR) is 112 cm³/mol. The highest BCUT2D eigenvalue weighted by molar-refractivity contribution is 7.18. The number of aromatic nitrogens is 1. The first-order chi connectivity index (χ1) is 13.7. The van der Waals surface area contributed by atoms with Crippen LogP contribution in [0.2, 0.25) is 0 Å². The van der Waals surface area contributed by atoms with Crippen molar-refractivity contribution >= 4 is 33.1 Å². The lowest BCUT2D eigenvalue weighted by Gasteiger charge is -2.18. The van der Waals surface area contributed by atoms with Crippen LogP contribution in [0.15, 0.2) is 48.5 Å². The number of hydrogen-bond acceptors (Lipinski definition) is 4. The molecule has 1 saturated heterocycles. The van der Waals surface area contributed by atoms with Gasteiger partial charge in [0.25, 0.3) is 0 Å². The van der Waals surface area contributed by atoms with E-state index in [2.05, 4.69) is 21.3 Å². The topological polar surface area (TPSA) is 45.2 Å². The molecule has 146 valence electrons. The highest BCUT2D eigenvalue weighted by Crippen LogP contribution is 2.24. The van der Waals surface area contributed by atoms with Crippen molar-refractivity contribution in [2.75, 3.05) is 24.5 Å². The monoisotopic (exact) mass is 397 g/mol. The molecule has 0 saturated carbocycles. The number of nitrogens with zero attached hydrogens (tertiary/aromatic N) is 2. The summed E-state index contributed by atoms with van der Waals surface area (Å²) in [4.78, 5) is 19.0. The second kappa shape index (κ2) is 8.69. The molecule has 2 heterocycles. The summed E-state index contributed by atoms with van der Waals surface area (Å²) in [6, 6.07) is 14.8. The molecule has 1 unspecified atom stereocenters. The Bertz CT molecular complexity index is 907. The lowest BCUT2D eigenvalue weighted by atomic mass is 10.1. The number of carbonyl (C=O) groups is 1. The normalized spacial score (nSPS) is 16.6. The molecule has 0 radical (unpaired) electrons. The molecule has 1 aromatic heterocycles. The van der Waals surface area contributed by atoms with Gasteiger partial charge in [0, 0.05) is 31.7 Å². The molecule has 3 aromatic rings. The van der Waals surface area contributed by atoms with Gasteiger partial charge < -0.3 is 10.2 Å². The summed E-state index contributed by atoms with van der Waals surface area (Å²) in [5, 5.41) is 4.17. The van der Waals surface area contributed by atoms with E-state index in [0.29, 0.717) is 18.9 Å². The number of hydrogen-bond donors (Lipinski definition) is 1. The van der Waals surface area contributed by atoms with Gasteiger partial charge in [-0.15, -0.1) is 11.3 Å². The van der Waals surface area contributed by atoms with Gasteiger partial charge in [-0.3, -0.25) is 4.79 Å². The molecule has 6 heteroatoms. The van der Waals surface area contributed by atoms with Crippen molar-refractivity contribution in [2.24, 2.45) is 5.92 Å². The first-order valence-corrected chi connectivity index (χ1v) is 10.6. The minimum atomic E-state index is -0.211. The van der Waals surface area contributed by atoms with Crippen molar-refractivity contribution in [1.29, 1.82) is 0 Å². The van der Waals surface area contributed by atoms with Gasteiger partial charge in [0.2, 0.25) is 5.91 Å². The van der Waals surface area contributed by atoms with E-state index in [4.69, 9.17) is 0 Å². The Morgan fingerprint density at radius 1 is 1.21 bits per heavy atom. The molecule has 2 aromatic carbocycles. The lowest BCUT2D eigenvalue weighted by Crippen LogP contribution is -2.30. The number of amides is 1. The van der Waals surface area contributed by atoms with Crippen LogP contribution >= 0.6 is 11.3 Å². The van der Waals surface area contributed by atoms with E-state index in [-0.39, 0.29) is 11.7 Å². The first kappa shape index (κ1) is 18.9. The Hall–Kier alpha value is -2.47. The van der Waals surface area contributed by atoms with Crippen molar-refractivity contribution in [3.8, 4) is 0 Å². The van der Waals surface area contributed by atoms with Gasteiger partial charge in [0.15, 0.2) is 0 Å². The van der Waals surface area contributed by atoms with E-state index in [1.807, 2.05) is 30.3 Å². The average molecular weight is 398 g/mol. The number of halogens is 1. The Kier molecular flexibility index (Phi) is 5.86. The van der Waals surface area contributed by atoms with Gasteiger partial charge in [-0.2, -0.15) is 0 Å². The van der Waals surface area contributed by atoms with Crippen LogP contribution in [0.25, 0.3) is 10.2 Å². The lowest BCUT2D eigenvalue weighted by molar-refractivity contribution is -0.121. The van der Waals surface area contributed by atoms with Crippen LogP contribution in [-0.2, 0) is 11.2 Å². The maximum Gasteiger partial charge on any atom is 0.220 e. The zero-order valence-electron chi connectivity index (χ0n) is 15.7. The molecule has 1 atom stereocenters. The smallest absolute Gasteiger partial charge is 0.220 e. The van der Waals surface area contributed by atoms with Crippen LogP contribution in [0.5, 0.6) is 0 Å². The number of anilines is 1. The largest absolute Gasteiger partial charge is 0.371 e. The number of thiazole rings is 1. The number of rotatable bonds is 7. The van der Waals surface area contributed by atoms with E-state index < -0.39 is 0 Å². The minimum absolute atomic E-state index is 0.112. The van der Waals surface area contributed by atoms with Crippen LogP contribution in [0, 0.1) is 11.7 Å². The minimum Gasteiger partial charge on any atom is -0.371 e. The van der Waals surface area contributed by atoms with Gasteiger partial charge >= 0.3 is 0 Å². The second-order valence-electron chi connectivity index (χ2n) is 7.31. The SMILES string of the molecule is O=C(CCCc1nc2ccccc2s1)NCC1CCN(c2ccc(F)cc2)C1. The summed E-state index contributed by atoms with van der Waals surface area (Å²) < 4.78 is 14.3. The molecule has 1 amide bonds. The quantitative estimate of drug-likeness (QED) is 0.643. The predicted octanol–water partition coefficient (Wildman–Crippen LogP) is 4.40. The zero-order chi connectivity index (χ0) is 19.3. The third-order valence-corrected chi connectivity index (χ3v) is 6.29. The molecule has 4 nitrogen and oxygen atoms in total. The second-order valence-corrected chi connectivity index (χ2v) is 8.43. The Labute approximate surface area is 168 Å². The van der Waals surface area contributed by atoms with Crippen LogP contribution in [-0.4, -0.2) is 30.5 Å². The van der Waals surface area contributed by atoms with Gasteiger partial charge in [-0.25, -0.2) is 9.37 Å². The van der Waals surface area contributed by atoms with Crippen molar-refractivity contribution in [1.82, 2.24) is 10.3 Å². The summed E-state index contributed by atoms with van der Waals surface area (Å²) in [5.41, 5.74) is 2.09. The molecule has 4 rings (SSSR count). The zero-order valence-corrected chi connectivity index (χ0v) is 16.6. The number of carbonyl (C=O) groups excluding carboxylic acids is 1. The van der Waals surface area contributed by atoms with Crippen LogP contribution in [0.1, 0.15) is 24.3 Å². The third kappa shape index (κ3) is 4.68. The fourth-order valence-electron chi connectivity index (χ4n) is 3.66. The van der Waals surface area contributed by atoms with E-state index in [1.165, 1.54) is 16.8 Å². The van der Waals surface area contributed by atoms with Gasteiger partial charge in [0.05, 0.1) is 15.2 Å². The van der Waals surface area contributed by atoms with Crippen molar-refractivity contribution < 1.29 is 9.18 Å². The maximum absolute atomic E-state index is 13.1. The van der Waals surface area contributed by atoms with Gasteiger partial charge in [0.1, 0.15) is 5.82 Å². The van der Waals surface area contributed by atoms with Crippen LogP contribution in [0.3, 0.4) is 0 Å². The molecule has 1 N–H and O–H groups in total. The van der Waals surface area contributed by atoms with Crippen molar-refractivity contribution in [3.63, 3.8) is 0 Å². The number of fused-ring (bicyclic) bond motifs is 1. The third-order valence-electron chi connectivity index (χ3n) is 5.20. The standard InChI is InChI=1S/C22H24FN3OS/c23-17-8-10-18(11-9-17)26-13-12-16(15-26)14-24-21(27)6-3-7-22-25-19-4-1-2-5-20(19)28-22/h1-2,4-5,8-11,16H,3,6-7,12-15H2,(H,24,27). The van der Waals surface area contributed by atoms with E-state index >= 15 is 0 Å². The fourth-order valence-corrected chi connectivity index (χ4v) is 4.67. The molecular weight excluding hydrogens is 373 g/mol. The summed E-state index contributed by atoms with van der Waals surface area (Å²) in [6.07, 6.45) is 3.24. The summed E-state index contributed by atoms with van der Waals surface area (Å²) in [6.45, 7) is 2.55. The average Bonchev–Trinajstić information content (AvgIpc) is 3.33. The molecule has 0 bridgehead atoms. The van der Waals surface area contributed by atoms with Crippen molar-refractivity contribution in [3.05, 3.63) is 59.4 Å². The molecule has 1 aliphatic heterocycles. The number of para-hydroxylation sites is 1. The number of nitrogens with one attached hydrogen (secondary N) is 1. The molecule has 1 aliphatic rings. The van der Waals surface area contributed by atoms with E-state index in [1.54, 1.807) is 11.3 Å². The molecular formula is C22H24FN3OS. The fraction of sp³-hybridized carbons (Fsp3) is 0.364. The molecule has 0 aliphatic carbocycles. The maximum atomic E-state index is 13.1. The van der Waals surface area contributed by atoms with Crippen LogP contribution in [0.4, 0.5) is 10.1 Å². The van der Waals surface area contributed by atoms with Gasteiger partial charge in [-0.1, -0.05) is 12.1 Å². The Morgan fingerprint density at radius 2 is 2.04 bits per heavy atom. The summed E-state index contributed by atoms with van der Waals surface area (Å²) >= 11 is 1.71. The highest BCUT2D eigenvalue weighted by atomic mass is 32.1. The Balaban J connectivity index is 1.17. The van der Waals surface area contributed by atoms with Crippen molar-refractivity contribution in [2.45, 2.75) is 25.7 Å².